The number of nitrogens with one attached hydrogen (secondary N) is 1. The lowest BCUT2D eigenvalue weighted by atomic mass is 9.98. The number of aromatic nitrogens is 2. The first-order valence-corrected chi connectivity index (χ1v) is 8.05. The monoisotopic (exact) mass is 286 g/mol. The molecule has 3 rings (SSSR count). The summed E-state index contributed by atoms with van der Waals surface area (Å²) in [6.45, 7) is 7.77. The zero-order valence-electron chi connectivity index (χ0n) is 13.3. The maximum atomic E-state index is 4.83. The molecule has 1 unspecified atom stereocenters. The average molecular weight is 286 g/mol. The van der Waals surface area contributed by atoms with Crippen molar-refractivity contribution in [1.29, 1.82) is 0 Å². The minimum atomic E-state index is 0.566. The fourth-order valence-electron chi connectivity index (χ4n) is 3.23. The molecule has 2 aromatic rings. The van der Waals surface area contributed by atoms with Gasteiger partial charge in [-0.05, 0) is 37.4 Å². The Morgan fingerprint density at radius 3 is 2.90 bits per heavy atom. The molecule has 1 aromatic heterocycles. The van der Waals surface area contributed by atoms with Crippen LogP contribution in [0.15, 0.2) is 24.3 Å². The maximum absolute atomic E-state index is 4.83. The number of para-hydroxylation sites is 2. The maximum Gasteiger partial charge on any atom is 0.206 e. The van der Waals surface area contributed by atoms with Crippen molar-refractivity contribution in [3.8, 4) is 0 Å². The number of hydrogen-bond acceptors (Lipinski definition) is 3. The molecule has 1 aliphatic rings. The Morgan fingerprint density at radius 1 is 1.33 bits per heavy atom. The molecular weight excluding hydrogens is 260 g/mol. The molecule has 0 aliphatic carbocycles. The normalized spacial score (nSPS) is 19.6. The number of rotatable bonds is 4. The number of fused-ring (bicyclic) bond motifs is 1. The Labute approximate surface area is 127 Å². The predicted octanol–water partition coefficient (Wildman–Crippen LogP) is 2.79. The summed E-state index contributed by atoms with van der Waals surface area (Å²) in [7, 11) is 2.13. The first-order valence-electron chi connectivity index (χ1n) is 8.05. The van der Waals surface area contributed by atoms with Crippen molar-refractivity contribution in [2.45, 2.75) is 32.7 Å². The van der Waals surface area contributed by atoms with E-state index < -0.39 is 0 Å². The number of aryl methyl sites for hydroxylation is 1. The molecule has 114 valence electrons. The number of hydrogen-bond donors (Lipinski definition) is 1. The zero-order valence-corrected chi connectivity index (χ0v) is 13.3. The van der Waals surface area contributed by atoms with Crippen molar-refractivity contribution in [2.75, 3.05) is 24.5 Å². The smallest absolute Gasteiger partial charge is 0.206 e. The van der Waals surface area contributed by atoms with Crippen molar-refractivity contribution >= 4 is 17.0 Å². The second kappa shape index (κ2) is 6.06. The van der Waals surface area contributed by atoms with E-state index in [1.54, 1.807) is 0 Å². The predicted molar refractivity (Wildman–Crippen MR) is 88.8 cm³/mol. The Bertz CT molecular complexity index is 602. The van der Waals surface area contributed by atoms with Gasteiger partial charge in [-0.2, -0.15) is 0 Å². The Kier molecular flexibility index (Phi) is 4.15. The van der Waals surface area contributed by atoms with Crippen LogP contribution in [0.2, 0.25) is 0 Å². The number of nitrogens with zero attached hydrogens (tertiary/aromatic N) is 3. The van der Waals surface area contributed by atoms with Crippen molar-refractivity contribution < 1.29 is 0 Å². The van der Waals surface area contributed by atoms with Gasteiger partial charge < -0.3 is 14.8 Å². The standard InChI is InChI=1S/C17H26N4/c1-13(2)18-11-14-7-6-10-21(12-14)17-19-15-8-4-5-9-16(15)20(17)3/h4-5,8-9,13-14,18H,6-7,10-12H2,1-3H3. The van der Waals surface area contributed by atoms with E-state index >= 15 is 0 Å². The lowest BCUT2D eigenvalue weighted by Crippen LogP contribution is -2.41. The molecule has 1 aromatic carbocycles. The van der Waals surface area contributed by atoms with Crippen molar-refractivity contribution in [1.82, 2.24) is 14.9 Å². The molecule has 21 heavy (non-hydrogen) atoms. The van der Waals surface area contributed by atoms with Gasteiger partial charge in [-0.1, -0.05) is 26.0 Å². The molecule has 1 aliphatic heterocycles. The molecule has 0 bridgehead atoms. The highest BCUT2D eigenvalue weighted by Crippen LogP contribution is 2.25. The van der Waals surface area contributed by atoms with Crippen LogP contribution in [0.25, 0.3) is 11.0 Å². The van der Waals surface area contributed by atoms with E-state index in [0.717, 1.165) is 37.0 Å². The lowest BCUT2D eigenvalue weighted by Gasteiger charge is -2.34. The molecule has 1 saturated heterocycles. The second-order valence-electron chi connectivity index (χ2n) is 6.48. The first-order chi connectivity index (χ1) is 10.1. The van der Waals surface area contributed by atoms with E-state index in [2.05, 4.69) is 59.9 Å². The molecule has 1 fully saturated rings. The Morgan fingerprint density at radius 2 is 2.14 bits per heavy atom. The van der Waals surface area contributed by atoms with Crippen LogP contribution in [0, 0.1) is 5.92 Å². The summed E-state index contributed by atoms with van der Waals surface area (Å²) < 4.78 is 2.23. The summed E-state index contributed by atoms with van der Waals surface area (Å²) >= 11 is 0. The molecule has 0 spiro atoms. The topological polar surface area (TPSA) is 33.1 Å². The van der Waals surface area contributed by atoms with E-state index in [1.807, 2.05) is 0 Å². The molecule has 1 atom stereocenters. The third-order valence-electron chi connectivity index (χ3n) is 4.38. The van der Waals surface area contributed by atoms with Crippen LogP contribution in [0.4, 0.5) is 5.95 Å². The van der Waals surface area contributed by atoms with Gasteiger partial charge in [-0.15, -0.1) is 0 Å². The van der Waals surface area contributed by atoms with Gasteiger partial charge in [0.05, 0.1) is 11.0 Å². The number of piperidine rings is 1. The van der Waals surface area contributed by atoms with Crippen LogP contribution >= 0.6 is 0 Å². The zero-order chi connectivity index (χ0) is 14.8. The van der Waals surface area contributed by atoms with Crippen molar-refractivity contribution in [2.24, 2.45) is 13.0 Å². The lowest BCUT2D eigenvalue weighted by molar-refractivity contribution is 0.376. The summed E-state index contributed by atoms with van der Waals surface area (Å²) in [5.41, 5.74) is 2.31. The molecular formula is C17H26N4. The number of imidazole rings is 1. The molecule has 4 heteroatoms. The highest BCUT2D eigenvalue weighted by atomic mass is 15.3. The summed E-state index contributed by atoms with van der Waals surface area (Å²) in [6, 6.07) is 8.95. The van der Waals surface area contributed by atoms with Gasteiger partial charge in [-0.25, -0.2) is 4.98 Å². The van der Waals surface area contributed by atoms with Crippen LogP contribution in [0.5, 0.6) is 0 Å². The van der Waals surface area contributed by atoms with E-state index in [1.165, 1.54) is 18.4 Å². The second-order valence-corrected chi connectivity index (χ2v) is 6.48. The highest BCUT2D eigenvalue weighted by molar-refractivity contribution is 5.78. The first kappa shape index (κ1) is 14.4. The SMILES string of the molecule is CC(C)NCC1CCCN(c2nc3ccccc3n2C)C1. The molecule has 1 N–H and O–H groups in total. The quantitative estimate of drug-likeness (QED) is 0.938. The molecule has 0 amide bonds. The molecule has 2 heterocycles. The molecule has 0 radical (unpaired) electrons. The van der Waals surface area contributed by atoms with E-state index in [0.29, 0.717) is 6.04 Å². The summed E-state index contributed by atoms with van der Waals surface area (Å²) in [5, 5.41) is 3.57. The minimum absolute atomic E-state index is 0.566. The van der Waals surface area contributed by atoms with Crippen molar-refractivity contribution in [3.05, 3.63) is 24.3 Å². The third kappa shape index (κ3) is 3.05. The van der Waals surface area contributed by atoms with Crippen LogP contribution in [0.3, 0.4) is 0 Å². The number of benzene rings is 1. The van der Waals surface area contributed by atoms with E-state index in [4.69, 9.17) is 4.98 Å². The van der Waals surface area contributed by atoms with Crippen molar-refractivity contribution in [3.63, 3.8) is 0 Å². The van der Waals surface area contributed by atoms with Crippen LogP contribution < -0.4 is 10.2 Å². The summed E-state index contributed by atoms with van der Waals surface area (Å²) in [6.07, 6.45) is 2.58. The van der Waals surface area contributed by atoms with Gasteiger partial charge >= 0.3 is 0 Å². The van der Waals surface area contributed by atoms with Gasteiger partial charge in [0.1, 0.15) is 0 Å². The minimum Gasteiger partial charge on any atom is -0.342 e. The van der Waals surface area contributed by atoms with E-state index in [9.17, 15) is 0 Å². The molecule has 4 nitrogen and oxygen atoms in total. The highest BCUT2D eigenvalue weighted by Gasteiger charge is 2.23. The fraction of sp³-hybridized carbons (Fsp3) is 0.588. The van der Waals surface area contributed by atoms with Crippen LogP contribution in [-0.4, -0.2) is 35.2 Å². The van der Waals surface area contributed by atoms with Gasteiger partial charge in [0.25, 0.3) is 0 Å². The van der Waals surface area contributed by atoms with Crippen LogP contribution in [0.1, 0.15) is 26.7 Å². The van der Waals surface area contributed by atoms with Crippen LogP contribution in [-0.2, 0) is 7.05 Å². The van der Waals surface area contributed by atoms with Gasteiger partial charge in [0, 0.05) is 26.2 Å². The van der Waals surface area contributed by atoms with E-state index in [-0.39, 0.29) is 0 Å². The average Bonchev–Trinajstić information content (AvgIpc) is 2.83. The summed E-state index contributed by atoms with van der Waals surface area (Å²) in [5.74, 6) is 1.84. The fourth-order valence-corrected chi connectivity index (χ4v) is 3.23. The Balaban J connectivity index is 1.77. The van der Waals surface area contributed by atoms with Gasteiger partial charge in [0.2, 0.25) is 5.95 Å². The number of anilines is 1. The summed E-state index contributed by atoms with van der Waals surface area (Å²) in [4.78, 5) is 7.29. The molecule has 0 saturated carbocycles. The third-order valence-corrected chi connectivity index (χ3v) is 4.38. The largest absolute Gasteiger partial charge is 0.342 e. The Hall–Kier alpha value is -1.55. The van der Waals surface area contributed by atoms with Gasteiger partial charge in [0.15, 0.2) is 0 Å². The van der Waals surface area contributed by atoms with Gasteiger partial charge in [-0.3, -0.25) is 0 Å².